The number of hydrogen-bond acceptors (Lipinski definition) is 6. The number of urea groups is 1. The van der Waals surface area contributed by atoms with Gasteiger partial charge in [-0.1, -0.05) is 30.3 Å². The number of likely N-dealkylation sites (N-methyl/N-ethyl adjacent to an activating group) is 1. The van der Waals surface area contributed by atoms with Gasteiger partial charge >= 0.3 is 12.0 Å². The molecule has 4 rings (SSSR count). The Morgan fingerprint density at radius 1 is 1.00 bits per heavy atom. The van der Waals surface area contributed by atoms with Gasteiger partial charge in [-0.05, 0) is 37.1 Å². The van der Waals surface area contributed by atoms with Crippen molar-refractivity contribution in [2.45, 2.75) is 26.4 Å². The number of hydrogen-bond donors (Lipinski definition) is 1. The Hall–Kier alpha value is -3.23. The zero-order chi connectivity index (χ0) is 23.9. The predicted octanol–water partition coefficient (Wildman–Crippen LogP) is 2.80. The average Bonchev–Trinajstić information content (AvgIpc) is 2.86. The molecule has 1 fully saturated rings. The van der Waals surface area contributed by atoms with E-state index in [9.17, 15) is 9.59 Å². The number of amides is 2. The van der Waals surface area contributed by atoms with Gasteiger partial charge in [0.05, 0.1) is 18.2 Å². The summed E-state index contributed by atoms with van der Waals surface area (Å²) in [5.41, 5.74) is 3.38. The molecular weight excluding hydrogens is 430 g/mol. The van der Waals surface area contributed by atoms with Crippen molar-refractivity contribution in [3.8, 4) is 0 Å². The van der Waals surface area contributed by atoms with Gasteiger partial charge in [-0.2, -0.15) is 0 Å². The second-order valence-electron chi connectivity index (χ2n) is 8.53. The highest BCUT2D eigenvalue weighted by molar-refractivity contribution is 5.95. The molecule has 34 heavy (non-hydrogen) atoms. The lowest BCUT2D eigenvalue weighted by Gasteiger charge is -2.40. The number of nitrogens with one attached hydrogen (secondary N) is 1. The molecule has 0 unspecified atom stereocenters. The molecular formula is C26H33N5O3. The second kappa shape index (κ2) is 11.3. The number of pyridine rings is 1. The van der Waals surface area contributed by atoms with Crippen molar-refractivity contribution in [2.75, 3.05) is 45.9 Å². The van der Waals surface area contributed by atoms with Gasteiger partial charge in [-0.25, -0.2) is 9.59 Å². The predicted molar refractivity (Wildman–Crippen MR) is 130 cm³/mol. The van der Waals surface area contributed by atoms with Crippen molar-refractivity contribution in [1.29, 1.82) is 0 Å². The maximum Gasteiger partial charge on any atom is 0.338 e. The quantitative estimate of drug-likeness (QED) is 0.607. The number of carbonyl (C=O) groups excluding carboxylic acids is 2. The molecule has 8 nitrogen and oxygen atoms in total. The minimum absolute atomic E-state index is 0.185. The van der Waals surface area contributed by atoms with E-state index in [4.69, 9.17) is 4.74 Å². The molecule has 1 aromatic heterocycles. The Morgan fingerprint density at radius 2 is 1.65 bits per heavy atom. The van der Waals surface area contributed by atoms with E-state index in [1.807, 2.05) is 61.8 Å². The molecule has 1 atom stereocenters. The molecule has 0 bridgehead atoms. The summed E-state index contributed by atoms with van der Waals surface area (Å²) in [5, 5.41) is 3.02. The molecule has 0 radical (unpaired) electrons. The SMILES string of the molecule is CCOC(=O)C1=C(CN2CCN(Cc3ccncc3)CC2)N(CC)C(=O)N[C@@H]1c1ccccc1. The van der Waals surface area contributed by atoms with Crippen molar-refractivity contribution in [1.82, 2.24) is 25.0 Å². The van der Waals surface area contributed by atoms with E-state index >= 15 is 0 Å². The zero-order valence-corrected chi connectivity index (χ0v) is 19.9. The lowest BCUT2D eigenvalue weighted by Crippen LogP contribution is -2.53. The van der Waals surface area contributed by atoms with Crippen LogP contribution in [-0.2, 0) is 16.1 Å². The van der Waals surface area contributed by atoms with Crippen molar-refractivity contribution in [3.63, 3.8) is 0 Å². The van der Waals surface area contributed by atoms with Gasteiger partial charge < -0.3 is 10.1 Å². The molecule has 0 aliphatic carbocycles. The summed E-state index contributed by atoms with van der Waals surface area (Å²) in [5.74, 6) is -0.374. The molecule has 180 valence electrons. The summed E-state index contributed by atoms with van der Waals surface area (Å²) in [6.07, 6.45) is 3.65. The van der Waals surface area contributed by atoms with E-state index in [0.29, 0.717) is 18.7 Å². The summed E-state index contributed by atoms with van der Waals surface area (Å²) in [7, 11) is 0. The van der Waals surface area contributed by atoms with Crippen molar-refractivity contribution >= 4 is 12.0 Å². The molecule has 2 aliphatic rings. The van der Waals surface area contributed by atoms with Crippen molar-refractivity contribution < 1.29 is 14.3 Å². The van der Waals surface area contributed by atoms with E-state index in [2.05, 4.69) is 20.1 Å². The summed E-state index contributed by atoms with van der Waals surface area (Å²) in [6, 6.07) is 13.0. The van der Waals surface area contributed by atoms with Crippen LogP contribution in [0, 0.1) is 0 Å². The third-order valence-corrected chi connectivity index (χ3v) is 6.38. The van der Waals surface area contributed by atoms with Crippen LogP contribution in [0.2, 0.25) is 0 Å². The van der Waals surface area contributed by atoms with Crippen molar-refractivity contribution in [3.05, 3.63) is 77.3 Å². The van der Waals surface area contributed by atoms with Crippen molar-refractivity contribution in [2.24, 2.45) is 0 Å². The van der Waals surface area contributed by atoms with Gasteiger partial charge in [-0.3, -0.25) is 19.7 Å². The maximum atomic E-state index is 13.2. The topological polar surface area (TPSA) is 78.0 Å². The maximum absolute atomic E-state index is 13.2. The summed E-state index contributed by atoms with van der Waals surface area (Å²) in [4.78, 5) is 36.7. The fourth-order valence-corrected chi connectivity index (χ4v) is 4.62. The van der Waals surface area contributed by atoms with Crippen LogP contribution in [0.3, 0.4) is 0 Å². The first kappa shape index (κ1) is 23.9. The smallest absolute Gasteiger partial charge is 0.338 e. The minimum Gasteiger partial charge on any atom is -0.463 e. The van der Waals surface area contributed by atoms with E-state index in [-0.39, 0.29) is 18.6 Å². The highest BCUT2D eigenvalue weighted by Crippen LogP contribution is 2.32. The molecule has 3 heterocycles. The van der Waals surface area contributed by atoms with Gasteiger partial charge in [0.2, 0.25) is 0 Å². The molecule has 1 saturated heterocycles. The van der Waals surface area contributed by atoms with Crippen LogP contribution in [-0.4, -0.2) is 77.6 Å². The Kier molecular flexibility index (Phi) is 7.92. The molecule has 1 aromatic carbocycles. The Balaban J connectivity index is 1.56. The Morgan fingerprint density at radius 3 is 2.26 bits per heavy atom. The molecule has 1 N–H and O–H groups in total. The number of ether oxygens (including phenoxy) is 1. The highest BCUT2D eigenvalue weighted by Gasteiger charge is 2.38. The van der Waals surface area contributed by atoms with Gasteiger partial charge in [0, 0.05) is 63.9 Å². The van der Waals surface area contributed by atoms with Gasteiger partial charge in [0.25, 0.3) is 0 Å². The number of carbonyl (C=O) groups is 2. The van der Waals surface area contributed by atoms with Crippen LogP contribution in [0.25, 0.3) is 0 Å². The van der Waals surface area contributed by atoms with Crippen LogP contribution in [0.4, 0.5) is 4.79 Å². The molecule has 2 aliphatic heterocycles. The van der Waals surface area contributed by atoms with E-state index in [1.54, 1.807) is 11.8 Å². The Bertz CT molecular complexity index is 1000. The Labute approximate surface area is 201 Å². The zero-order valence-electron chi connectivity index (χ0n) is 19.9. The largest absolute Gasteiger partial charge is 0.463 e. The first-order valence-electron chi connectivity index (χ1n) is 12.0. The molecule has 2 amide bonds. The first-order valence-corrected chi connectivity index (χ1v) is 12.0. The second-order valence-corrected chi connectivity index (χ2v) is 8.53. The summed E-state index contributed by atoms with van der Waals surface area (Å²) in [6.45, 7) is 9.48. The molecule has 0 spiro atoms. The fourth-order valence-electron chi connectivity index (χ4n) is 4.62. The lowest BCUT2D eigenvalue weighted by atomic mass is 9.94. The van der Waals surface area contributed by atoms with Gasteiger partial charge in [-0.15, -0.1) is 0 Å². The molecule has 2 aromatic rings. The summed E-state index contributed by atoms with van der Waals surface area (Å²) < 4.78 is 5.46. The number of esters is 1. The molecule has 0 saturated carbocycles. The van der Waals surface area contributed by atoms with E-state index in [0.717, 1.165) is 44.0 Å². The minimum atomic E-state index is -0.529. The fraction of sp³-hybridized carbons (Fsp3) is 0.423. The number of piperazine rings is 1. The van der Waals surface area contributed by atoms with Crippen LogP contribution in [0.5, 0.6) is 0 Å². The third kappa shape index (κ3) is 5.46. The van der Waals surface area contributed by atoms with E-state index in [1.165, 1.54) is 5.56 Å². The number of nitrogens with zero attached hydrogens (tertiary/aromatic N) is 4. The molecule has 8 heteroatoms. The summed E-state index contributed by atoms with van der Waals surface area (Å²) >= 11 is 0. The standard InChI is InChI=1S/C26H33N5O3/c1-3-31-22(19-30-16-14-29(15-17-30)18-20-10-12-27-13-11-20)23(25(32)34-4-2)24(28-26(31)33)21-8-6-5-7-9-21/h5-13,24H,3-4,14-19H2,1-2H3,(H,28,33)/t24-/m1/s1. The van der Waals surface area contributed by atoms with Gasteiger partial charge in [0.15, 0.2) is 0 Å². The number of rotatable bonds is 8. The average molecular weight is 464 g/mol. The third-order valence-electron chi connectivity index (χ3n) is 6.38. The van der Waals surface area contributed by atoms with Crippen LogP contribution in [0.1, 0.15) is 31.0 Å². The first-order chi connectivity index (χ1) is 16.6. The van der Waals surface area contributed by atoms with E-state index < -0.39 is 6.04 Å². The van der Waals surface area contributed by atoms with Gasteiger partial charge in [0.1, 0.15) is 0 Å². The van der Waals surface area contributed by atoms with Crippen LogP contribution >= 0.6 is 0 Å². The normalized spacial score (nSPS) is 19.8. The number of benzene rings is 1. The number of aromatic nitrogens is 1. The van der Waals surface area contributed by atoms with Crippen LogP contribution < -0.4 is 5.32 Å². The van der Waals surface area contributed by atoms with Crippen LogP contribution in [0.15, 0.2) is 66.1 Å². The lowest BCUT2D eigenvalue weighted by molar-refractivity contribution is -0.139. The highest BCUT2D eigenvalue weighted by atomic mass is 16.5. The monoisotopic (exact) mass is 463 g/mol.